The summed E-state index contributed by atoms with van der Waals surface area (Å²) in [7, 11) is -3.46. The van der Waals surface area contributed by atoms with E-state index in [2.05, 4.69) is 32.5 Å². The lowest BCUT2D eigenvalue weighted by Crippen LogP contribution is -2.24. The molecular weight excluding hydrogens is 278 g/mol. The van der Waals surface area contributed by atoms with Crippen molar-refractivity contribution >= 4 is 26.0 Å². The lowest BCUT2D eigenvalue weighted by molar-refractivity contribution is 0.585. The highest BCUT2D eigenvalue weighted by Gasteiger charge is 2.15. The van der Waals surface area contributed by atoms with E-state index in [4.69, 9.17) is 0 Å². The maximum absolute atomic E-state index is 11.7. The van der Waals surface area contributed by atoms with Gasteiger partial charge in [-0.05, 0) is 35.0 Å². The molecule has 1 rings (SSSR count). The van der Waals surface area contributed by atoms with Crippen molar-refractivity contribution in [3.05, 3.63) is 28.7 Å². The van der Waals surface area contributed by atoms with Gasteiger partial charge in [0.25, 0.3) is 0 Å². The Hall–Kier alpha value is -0.830. The summed E-state index contributed by atoms with van der Waals surface area (Å²) in [5.41, 5.74) is 0. The van der Waals surface area contributed by atoms with E-state index in [1.165, 1.54) is 6.07 Å². The molecule has 5 heteroatoms. The quantitative estimate of drug-likeness (QED) is 0.861. The van der Waals surface area contributed by atoms with Crippen LogP contribution in [0.25, 0.3) is 0 Å². The number of rotatable bonds is 3. The molecular formula is C10H10BrNO2S. The van der Waals surface area contributed by atoms with Crippen LogP contribution in [-0.4, -0.2) is 15.0 Å². The second-order valence-corrected chi connectivity index (χ2v) is 5.27. The van der Waals surface area contributed by atoms with Crippen LogP contribution in [0.1, 0.15) is 6.92 Å². The van der Waals surface area contributed by atoms with Crippen LogP contribution in [0.5, 0.6) is 0 Å². The molecule has 0 fully saturated rings. The molecule has 80 valence electrons. The van der Waals surface area contributed by atoms with Gasteiger partial charge in [0.15, 0.2) is 0 Å². The third-order valence-electron chi connectivity index (χ3n) is 1.65. The maximum atomic E-state index is 11.7. The second-order valence-electron chi connectivity index (χ2n) is 2.68. The zero-order valence-electron chi connectivity index (χ0n) is 8.12. The predicted octanol–water partition coefficient (Wildman–Crippen LogP) is 1.75. The highest BCUT2D eigenvalue weighted by Crippen LogP contribution is 2.20. The summed E-state index contributed by atoms with van der Waals surface area (Å²) in [4.78, 5) is 0.225. The lowest BCUT2D eigenvalue weighted by atomic mass is 10.4. The standard InChI is InChI=1S/C10H10BrNO2S/c1-2-3-8-12-15(13,14)10-7-5-4-6-9(10)11/h4-7,12H,8H2,1H3. The average molecular weight is 288 g/mol. The first-order chi connectivity index (χ1) is 7.08. The zero-order chi connectivity index (χ0) is 11.3. The van der Waals surface area contributed by atoms with Crippen LogP contribution in [0.3, 0.4) is 0 Å². The molecule has 0 amide bonds. The summed E-state index contributed by atoms with van der Waals surface area (Å²) in [5, 5.41) is 0. The Labute approximate surface area is 98.1 Å². The van der Waals surface area contributed by atoms with E-state index < -0.39 is 10.0 Å². The van der Waals surface area contributed by atoms with Crippen LogP contribution in [0, 0.1) is 11.8 Å². The number of halogens is 1. The van der Waals surface area contributed by atoms with Crippen molar-refractivity contribution in [1.82, 2.24) is 4.72 Å². The van der Waals surface area contributed by atoms with Gasteiger partial charge in [0.1, 0.15) is 0 Å². The first-order valence-corrected chi connectivity index (χ1v) is 6.49. The molecule has 0 aromatic heterocycles. The van der Waals surface area contributed by atoms with Crippen molar-refractivity contribution < 1.29 is 8.42 Å². The molecule has 3 nitrogen and oxygen atoms in total. The summed E-state index contributed by atoms with van der Waals surface area (Å²) in [6.45, 7) is 1.78. The van der Waals surface area contributed by atoms with Crippen molar-refractivity contribution in [2.24, 2.45) is 0 Å². The Morgan fingerprint density at radius 3 is 2.67 bits per heavy atom. The molecule has 0 saturated heterocycles. The zero-order valence-corrected chi connectivity index (χ0v) is 10.5. The van der Waals surface area contributed by atoms with Gasteiger partial charge in [0, 0.05) is 4.47 Å². The van der Waals surface area contributed by atoms with Gasteiger partial charge in [-0.3, -0.25) is 0 Å². The number of hydrogen-bond donors (Lipinski definition) is 1. The Morgan fingerprint density at radius 2 is 2.07 bits per heavy atom. The third kappa shape index (κ3) is 3.34. The molecule has 0 bridgehead atoms. The van der Waals surface area contributed by atoms with Crippen LogP contribution >= 0.6 is 15.9 Å². The van der Waals surface area contributed by atoms with Crippen LogP contribution in [0.4, 0.5) is 0 Å². The Bertz CT molecular complexity index is 500. The molecule has 0 atom stereocenters. The Morgan fingerprint density at radius 1 is 1.40 bits per heavy atom. The van der Waals surface area contributed by atoms with Gasteiger partial charge in [0.05, 0.1) is 11.4 Å². The van der Waals surface area contributed by atoms with Gasteiger partial charge in [0.2, 0.25) is 10.0 Å². The van der Waals surface area contributed by atoms with Crippen LogP contribution in [-0.2, 0) is 10.0 Å². The second kappa shape index (κ2) is 5.31. The molecule has 0 aliphatic carbocycles. The summed E-state index contributed by atoms with van der Waals surface area (Å²) in [6, 6.07) is 6.64. The normalized spacial score (nSPS) is 10.5. The molecule has 1 N–H and O–H groups in total. The van der Waals surface area contributed by atoms with E-state index in [9.17, 15) is 8.42 Å². The van der Waals surface area contributed by atoms with Gasteiger partial charge in [-0.2, -0.15) is 4.72 Å². The van der Waals surface area contributed by atoms with Gasteiger partial charge >= 0.3 is 0 Å². The first kappa shape index (κ1) is 12.2. The van der Waals surface area contributed by atoms with E-state index in [0.717, 1.165) is 0 Å². The highest BCUT2D eigenvalue weighted by atomic mass is 79.9. The molecule has 0 heterocycles. The lowest BCUT2D eigenvalue weighted by Gasteiger charge is -2.05. The monoisotopic (exact) mass is 287 g/mol. The summed E-state index contributed by atoms with van der Waals surface area (Å²) in [6.07, 6.45) is 0. The van der Waals surface area contributed by atoms with E-state index >= 15 is 0 Å². The third-order valence-corrected chi connectivity index (χ3v) is 4.07. The topological polar surface area (TPSA) is 46.2 Å². The number of benzene rings is 1. The molecule has 0 saturated carbocycles. The van der Waals surface area contributed by atoms with Crippen LogP contribution in [0.2, 0.25) is 0 Å². The van der Waals surface area contributed by atoms with Crippen LogP contribution < -0.4 is 4.72 Å². The van der Waals surface area contributed by atoms with E-state index in [0.29, 0.717) is 4.47 Å². The smallest absolute Gasteiger partial charge is 0.207 e. The van der Waals surface area contributed by atoms with E-state index in [1.54, 1.807) is 25.1 Å². The maximum Gasteiger partial charge on any atom is 0.242 e. The van der Waals surface area contributed by atoms with Gasteiger partial charge in [-0.1, -0.05) is 18.1 Å². The number of hydrogen-bond acceptors (Lipinski definition) is 2. The predicted molar refractivity (Wildman–Crippen MR) is 62.8 cm³/mol. The fourth-order valence-corrected chi connectivity index (χ4v) is 2.88. The van der Waals surface area contributed by atoms with E-state index in [-0.39, 0.29) is 11.4 Å². The average Bonchev–Trinajstić information content (AvgIpc) is 2.18. The largest absolute Gasteiger partial charge is 0.242 e. The highest BCUT2D eigenvalue weighted by molar-refractivity contribution is 9.10. The fourth-order valence-electron chi connectivity index (χ4n) is 0.960. The summed E-state index contributed by atoms with van der Waals surface area (Å²) >= 11 is 3.19. The molecule has 1 aromatic rings. The van der Waals surface area contributed by atoms with Crippen LogP contribution in [0.15, 0.2) is 33.6 Å². The van der Waals surface area contributed by atoms with Crippen molar-refractivity contribution in [3.8, 4) is 11.8 Å². The Balaban J connectivity index is 2.95. The molecule has 0 aliphatic heterocycles. The molecule has 0 spiro atoms. The van der Waals surface area contributed by atoms with Crippen molar-refractivity contribution in [2.45, 2.75) is 11.8 Å². The number of nitrogens with one attached hydrogen (secondary N) is 1. The summed E-state index contributed by atoms with van der Waals surface area (Å²) in [5.74, 6) is 5.26. The van der Waals surface area contributed by atoms with Gasteiger partial charge < -0.3 is 0 Å². The van der Waals surface area contributed by atoms with Gasteiger partial charge in [-0.25, -0.2) is 8.42 Å². The summed E-state index contributed by atoms with van der Waals surface area (Å²) < 4.78 is 26.4. The van der Waals surface area contributed by atoms with Crippen molar-refractivity contribution in [1.29, 1.82) is 0 Å². The molecule has 0 radical (unpaired) electrons. The molecule has 0 aliphatic rings. The Kier molecular flexibility index (Phi) is 4.33. The van der Waals surface area contributed by atoms with E-state index in [1.807, 2.05) is 0 Å². The molecule has 1 aromatic carbocycles. The fraction of sp³-hybridized carbons (Fsp3) is 0.200. The molecule has 15 heavy (non-hydrogen) atoms. The van der Waals surface area contributed by atoms with Gasteiger partial charge in [-0.15, -0.1) is 5.92 Å². The minimum atomic E-state index is -3.46. The minimum Gasteiger partial charge on any atom is -0.207 e. The number of sulfonamides is 1. The first-order valence-electron chi connectivity index (χ1n) is 4.22. The SMILES string of the molecule is CC#CCNS(=O)(=O)c1ccccc1Br. The van der Waals surface area contributed by atoms with Crippen molar-refractivity contribution in [3.63, 3.8) is 0 Å². The minimum absolute atomic E-state index is 0.125. The van der Waals surface area contributed by atoms with Crippen molar-refractivity contribution in [2.75, 3.05) is 6.54 Å². The molecule has 0 unspecified atom stereocenters.